The molecule has 1 fully saturated rings. The molecule has 0 spiro atoms. The van der Waals surface area contributed by atoms with E-state index in [-0.39, 0.29) is 23.8 Å². The molecule has 1 N–H and O–H groups in total. The SMILES string of the molecule is CC(C)C(=O)N(Cc1ccc(Cl)cc1)C(C(=O)NCC1CCCO1)c1ccccc1. The fraction of sp³-hybridized carbons (Fsp3) is 0.417. The van der Waals surface area contributed by atoms with Gasteiger partial charge in [-0.15, -0.1) is 0 Å². The highest BCUT2D eigenvalue weighted by Gasteiger charge is 2.33. The summed E-state index contributed by atoms with van der Waals surface area (Å²) in [7, 11) is 0. The second-order valence-corrected chi connectivity index (χ2v) is 8.38. The Hall–Kier alpha value is -2.37. The van der Waals surface area contributed by atoms with E-state index in [1.807, 2.05) is 56.3 Å². The van der Waals surface area contributed by atoms with Gasteiger partial charge in [0.1, 0.15) is 6.04 Å². The number of ether oxygens (including phenoxy) is 1. The number of amides is 2. The third-order valence-corrected chi connectivity index (χ3v) is 5.50. The molecule has 5 nitrogen and oxygen atoms in total. The molecule has 160 valence electrons. The van der Waals surface area contributed by atoms with Crippen molar-refractivity contribution >= 4 is 23.4 Å². The first-order valence-corrected chi connectivity index (χ1v) is 10.8. The molecule has 2 aromatic rings. The van der Waals surface area contributed by atoms with E-state index in [1.54, 1.807) is 17.0 Å². The van der Waals surface area contributed by atoms with Crippen LogP contribution in [0.2, 0.25) is 5.02 Å². The van der Waals surface area contributed by atoms with Crippen LogP contribution in [0.3, 0.4) is 0 Å². The quantitative estimate of drug-likeness (QED) is 0.679. The Bertz CT molecular complexity index is 833. The lowest BCUT2D eigenvalue weighted by Crippen LogP contribution is -2.46. The number of hydrogen-bond acceptors (Lipinski definition) is 3. The van der Waals surface area contributed by atoms with E-state index in [0.717, 1.165) is 30.6 Å². The van der Waals surface area contributed by atoms with Crippen LogP contribution in [0.5, 0.6) is 0 Å². The van der Waals surface area contributed by atoms with Crippen LogP contribution in [0.1, 0.15) is 43.9 Å². The van der Waals surface area contributed by atoms with Gasteiger partial charge in [-0.3, -0.25) is 9.59 Å². The first kappa shape index (κ1) is 22.3. The molecule has 1 aliphatic heterocycles. The van der Waals surface area contributed by atoms with Gasteiger partial charge >= 0.3 is 0 Å². The molecule has 30 heavy (non-hydrogen) atoms. The van der Waals surface area contributed by atoms with Gasteiger partial charge in [-0.05, 0) is 36.1 Å². The van der Waals surface area contributed by atoms with Crippen LogP contribution in [0.4, 0.5) is 0 Å². The lowest BCUT2D eigenvalue weighted by molar-refractivity contribution is -0.144. The molecule has 0 aromatic heterocycles. The molecular formula is C24H29ClN2O3. The minimum atomic E-state index is -0.724. The summed E-state index contributed by atoms with van der Waals surface area (Å²) < 4.78 is 5.63. The minimum Gasteiger partial charge on any atom is -0.376 e. The van der Waals surface area contributed by atoms with Gasteiger partial charge in [-0.1, -0.05) is 67.9 Å². The zero-order valence-corrected chi connectivity index (χ0v) is 18.3. The monoisotopic (exact) mass is 428 g/mol. The normalized spacial score (nSPS) is 17.0. The zero-order chi connectivity index (χ0) is 21.5. The number of halogens is 1. The van der Waals surface area contributed by atoms with Crippen molar-refractivity contribution in [1.82, 2.24) is 10.2 Å². The molecule has 2 aromatic carbocycles. The van der Waals surface area contributed by atoms with Crippen LogP contribution in [0, 0.1) is 5.92 Å². The van der Waals surface area contributed by atoms with Crippen molar-refractivity contribution in [3.05, 3.63) is 70.7 Å². The second kappa shape index (κ2) is 10.6. The van der Waals surface area contributed by atoms with Gasteiger partial charge in [0.2, 0.25) is 11.8 Å². The van der Waals surface area contributed by atoms with Crippen LogP contribution < -0.4 is 5.32 Å². The Labute approximate surface area is 183 Å². The number of benzene rings is 2. The first-order valence-electron chi connectivity index (χ1n) is 10.4. The van der Waals surface area contributed by atoms with Gasteiger partial charge in [0.25, 0.3) is 0 Å². The predicted molar refractivity (Wildman–Crippen MR) is 118 cm³/mol. The standard InChI is InChI=1S/C24H29ClN2O3/c1-17(2)24(29)27(16-18-10-12-20(25)13-11-18)22(19-7-4-3-5-8-19)23(28)26-15-21-9-6-14-30-21/h3-5,7-8,10-13,17,21-22H,6,9,14-16H2,1-2H3,(H,26,28). The van der Waals surface area contributed by atoms with Crippen LogP contribution >= 0.6 is 11.6 Å². The molecule has 0 saturated carbocycles. The summed E-state index contributed by atoms with van der Waals surface area (Å²) in [4.78, 5) is 28.2. The zero-order valence-electron chi connectivity index (χ0n) is 17.5. The Balaban J connectivity index is 1.89. The van der Waals surface area contributed by atoms with Gasteiger partial charge in [-0.25, -0.2) is 0 Å². The number of nitrogens with one attached hydrogen (secondary N) is 1. The summed E-state index contributed by atoms with van der Waals surface area (Å²) in [6.45, 7) is 5.21. The van der Waals surface area contributed by atoms with E-state index in [4.69, 9.17) is 16.3 Å². The summed E-state index contributed by atoms with van der Waals surface area (Å²) in [5, 5.41) is 3.65. The van der Waals surface area contributed by atoms with Crippen molar-refractivity contribution in [2.45, 2.75) is 45.4 Å². The fourth-order valence-corrected chi connectivity index (χ4v) is 3.77. The summed E-state index contributed by atoms with van der Waals surface area (Å²) in [6.07, 6.45) is 1.99. The van der Waals surface area contributed by atoms with E-state index in [1.165, 1.54) is 0 Å². The van der Waals surface area contributed by atoms with Crippen LogP contribution in [0.15, 0.2) is 54.6 Å². The van der Waals surface area contributed by atoms with E-state index < -0.39 is 6.04 Å². The van der Waals surface area contributed by atoms with Crippen molar-refractivity contribution < 1.29 is 14.3 Å². The summed E-state index contributed by atoms with van der Waals surface area (Å²) in [5.41, 5.74) is 1.70. The van der Waals surface area contributed by atoms with Crippen molar-refractivity contribution in [2.24, 2.45) is 5.92 Å². The maximum absolute atomic E-state index is 13.3. The third-order valence-electron chi connectivity index (χ3n) is 5.25. The average Bonchev–Trinajstić information content (AvgIpc) is 3.27. The van der Waals surface area contributed by atoms with Gasteiger partial charge in [0, 0.05) is 30.6 Å². The summed E-state index contributed by atoms with van der Waals surface area (Å²) in [5.74, 6) is -0.514. The van der Waals surface area contributed by atoms with Gasteiger partial charge in [-0.2, -0.15) is 0 Å². The maximum Gasteiger partial charge on any atom is 0.247 e. The summed E-state index contributed by atoms with van der Waals surface area (Å²) in [6, 6.07) is 16.1. The number of carbonyl (C=O) groups excluding carboxylic acids is 2. The topological polar surface area (TPSA) is 58.6 Å². The van der Waals surface area contributed by atoms with Crippen LogP contribution in [0.25, 0.3) is 0 Å². The third kappa shape index (κ3) is 5.83. The second-order valence-electron chi connectivity index (χ2n) is 7.94. The molecular weight excluding hydrogens is 400 g/mol. The van der Waals surface area contributed by atoms with E-state index >= 15 is 0 Å². The first-order chi connectivity index (χ1) is 14.5. The highest BCUT2D eigenvalue weighted by atomic mass is 35.5. The molecule has 0 bridgehead atoms. The number of hydrogen-bond donors (Lipinski definition) is 1. The molecule has 0 radical (unpaired) electrons. The molecule has 1 aliphatic rings. The molecule has 3 rings (SSSR count). The van der Waals surface area contributed by atoms with Gasteiger partial charge in [0.15, 0.2) is 0 Å². The van der Waals surface area contributed by atoms with Crippen LogP contribution in [-0.2, 0) is 20.9 Å². The van der Waals surface area contributed by atoms with E-state index in [0.29, 0.717) is 18.1 Å². The lowest BCUT2D eigenvalue weighted by Gasteiger charge is -2.33. The number of nitrogens with zero attached hydrogens (tertiary/aromatic N) is 1. The Kier molecular flexibility index (Phi) is 7.88. The Morgan fingerprint density at radius 1 is 1.13 bits per heavy atom. The number of rotatable bonds is 8. The van der Waals surface area contributed by atoms with E-state index in [9.17, 15) is 9.59 Å². The predicted octanol–water partition coefficient (Wildman–Crippen LogP) is 4.36. The maximum atomic E-state index is 13.3. The highest BCUT2D eigenvalue weighted by Crippen LogP contribution is 2.26. The highest BCUT2D eigenvalue weighted by molar-refractivity contribution is 6.30. The van der Waals surface area contributed by atoms with Gasteiger partial charge < -0.3 is 15.0 Å². The fourth-order valence-electron chi connectivity index (χ4n) is 3.64. The molecule has 1 heterocycles. The molecule has 2 unspecified atom stereocenters. The molecule has 1 saturated heterocycles. The molecule has 0 aliphatic carbocycles. The average molecular weight is 429 g/mol. The van der Waals surface area contributed by atoms with Crippen molar-refractivity contribution in [1.29, 1.82) is 0 Å². The van der Waals surface area contributed by atoms with Gasteiger partial charge in [0.05, 0.1) is 6.10 Å². The van der Waals surface area contributed by atoms with Crippen molar-refractivity contribution in [3.63, 3.8) is 0 Å². The number of carbonyl (C=O) groups is 2. The molecule has 6 heteroatoms. The Morgan fingerprint density at radius 3 is 2.43 bits per heavy atom. The van der Waals surface area contributed by atoms with Crippen LogP contribution in [-0.4, -0.2) is 36.0 Å². The molecule has 2 amide bonds. The largest absolute Gasteiger partial charge is 0.376 e. The smallest absolute Gasteiger partial charge is 0.247 e. The summed E-state index contributed by atoms with van der Waals surface area (Å²) >= 11 is 6.02. The lowest BCUT2D eigenvalue weighted by atomic mass is 10.0. The Morgan fingerprint density at radius 2 is 1.83 bits per heavy atom. The van der Waals surface area contributed by atoms with E-state index in [2.05, 4.69) is 5.32 Å². The minimum absolute atomic E-state index is 0.0379. The molecule has 2 atom stereocenters. The van der Waals surface area contributed by atoms with Crippen molar-refractivity contribution in [2.75, 3.05) is 13.2 Å². The van der Waals surface area contributed by atoms with Crippen molar-refractivity contribution in [3.8, 4) is 0 Å².